The first-order chi connectivity index (χ1) is 6.24. The van der Waals surface area contributed by atoms with Gasteiger partial charge >= 0.3 is 0 Å². The van der Waals surface area contributed by atoms with Crippen molar-refractivity contribution in [1.82, 2.24) is 0 Å². The van der Waals surface area contributed by atoms with Crippen LogP contribution in [0.25, 0.3) is 0 Å². The molecule has 2 heteroatoms. The first-order valence-corrected chi connectivity index (χ1v) is 4.49. The van der Waals surface area contributed by atoms with Crippen LogP contribution in [0.4, 0.5) is 0 Å². The minimum absolute atomic E-state index is 0.116. The highest BCUT2D eigenvalue weighted by Crippen LogP contribution is 2.09. The van der Waals surface area contributed by atoms with Crippen molar-refractivity contribution in [1.29, 1.82) is 0 Å². The minimum Gasteiger partial charge on any atom is -0.294 e. The number of hydrogen-bond acceptors (Lipinski definition) is 2. The van der Waals surface area contributed by atoms with Gasteiger partial charge in [0.15, 0.2) is 11.6 Å². The summed E-state index contributed by atoms with van der Waals surface area (Å²) in [6.45, 7) is 8.64. The Kier molecular flexibility index (Phi) is 4.30. The van der Waals surface area contributed by atoms with Crippen molar-refractivity contribution in [2.75, 3.05) is 0 Å². The fourth-order valence-electron chi connectivity index (χ4n) is 0.776. The topological polar surface area (TPSA) is 34.1 Å². The summed E-state index contributed by atoms with van der Waals surface area (Å²) in [7, 11) is 0. The van der Waals surface area contributed by atoms with Crippen LogP contribution in [0.2, 0.25) is 0 Å². The maximum Gasteiger partial charge on any atom is 0.164 e. The van der Waals surface area contributed by atoms with Gasteiger partial charge in [-0.05, 0) is 34.6 Å². The number of carbonyl (C=O) groups is 2. The largest absolute Gasteiger partial charge is 0.294 e. The summed E-state index contributed by atoms with van der Waals surface area (Å²) in [5, 5.41) is 0. The molecule has 0 spiro atoms. The van der Waals surface area contributed by atoms with E-state index in [1.54, 1.807) is 0 Å². The molecule has 0 saturated carbocycles. The maximum absolute atomic E-state index is 11.0. The molecule has 0 aromatic heterocycles. The molecule has 0 atom stereocenters. The molecule has 0 aromatic rings. The van der Waals surface area contributed by atoms with E-state index in [1.807, 2.05) is 20.8 Å². The van der Waals surface area contributed by atoms with E-state index < -0.39 is 0 Å². The van der Waals surface area contributed by atoms with Crippen LogP contribution in [0.1, 0.15) is 34.6 Å². The Morgan fingerprint density at radius 2 is 1.50 bits per heavy atom. The molecule has 0 fully saturated rings. The van der Waals surface area contributed by atoms with Gasteiger partial charge < -0.3 is 0 Å². The van der Waals surface area contributed by atoms with E-state index in [4.69, 9.17) is 0 Å². The zero-order chi connectivity index (χ0) is 11.4. The average molecular weight is 192 g/mol. The Balaban J connectivity index is 4.86. The van der Waals surface area contributed by atoms with Crippen LogP contribution in [-0.2, 0) is 9.59 Å². The fraction of sp³-hybridized carbons (Fsp3) is 0.500. The Hall–Kier alpha value is -1.36. The summed E-state index contributed by atoms with van der Waals surface area (Å²) in [4.78, 5) is 22.0. The lowest BCUT2D eigenvalue weighted by molar-refractivity contribution is -0.119. The molecule has 76 valence electrons. The number of carbonyl (C=O) groups excluding carboxylic acids is 2. The molecule has 0 aliphatic heterocycles. The SMILES string of the molecule is CC(=O)C(=CC#CC(C)(C)C)C(C)=O. The van der Waals surface area contributed by atoms with Crippen LogP contribution in [0.15, 0.2) is 11.6 Å². The Morgan fingerprint density at radius 3 is 1.79 bits per heavy atom. The third-order valence-electron chi connectivity index (χ3n) is 1.42. The van der Waals surface area contributed by atoms with Crippen LogP contribution >= 0.6 is 0 Å². The first-order valence-electron chi connectivity index (χ1n) is 4.49. The molecule has 0 aliphatic rings. The van der Waals surface area contributed by atoms with Gasteiger partial charge in [-0.2, -0.15) is 0 Å². The minimum atomic E-state index is -0.235. The third-order valence-corrected chi connectivity index (χ3v) is 1.42. The Bertz CT molecular complexity index is 314. The molecular weight excluding hydrogens is 176 g/mol. The van der Waals surface area contributed by atoms with Crippen molar-refractivity contribution in [2.24, 2.45) is 5.41 Å². The van der Waals surface area contributed by atoms with Crippen LogP contribution in [0.3, 0.4) is 0 Å². The lowest BCUT2D eigenvalue weighted by Gasteiger charge is -2.06. The van der Waals surface area contributed by atoms with Crippen molar-refractivity contribution < 1.29 is 9.59 Å². The fourth-order valence-corrected chi connectivity index (χ4v) is 0.776. The summed E-state index contributed by atoms with van der Waals surface area (Å²) < 4.78 is 0. The van der Waals surface area contributed by atoms with Gasteiger partial charge in [0.25, 0.3) is 0 Å². The van der Waals surface area contributed by atoms with Crippen molar-refractivity contribution in [3.63, 3.8) is 0 Å². The lowest BCUT2D eigenvalue weighted by atomic mass is 9.98. The van der Waals surface area contributed by atoms with E-state index in [0.29, 0.717) is 0 Å². The van der Waals surface area contributed by atoms with Gasteiger partial charge in [-0.3, -0.25) is 9.59 Å². The van der Waals surface area contributed by atoms with Crippen LogP contribution in [0.5, 0.6) is 0 Å². The predicted molar refractivity (Wildman–Crippen MR) is 56.7 cm³/mol. The van der Waals surface area contributed by atoms with E-state index in [-0.39, 0.29) is 22.6 Å². The summed E-state index contributed by atoms with van der Waals surface area (Å²) in [6, 6.07) is 0. The smallest absolute Gasteiger partial charge is 0.164 e. The van der Waals surface area contributed by atoms with E-state index in [1.165, 1.54) is 19.9 Å². The molecule has 0 unspecified atom stereocenters. The molecule has 0 heterocycles. The highest BCUT2D eigenvalue weighted by molar-refractivity contribution is 6.18. The number of hydrogen-bond donors (Lipinski definition) is 0. The lowest BCUT2D eigenvalue weighted by Crippen LogP contribution is -2.05. The van der Waals surface area contributed by atoms with Crippen LogP contribution in [-0.4, -0.2) is 11.6 Å². The molecule has 0 bridgehead atoms. The van der Waals surface area contributed by atoms with Crippen molar-refractivity contribution >= 4 is 11.6 Å². The molecular formula is C12H16O2. The molecule has 0 saturated heterocycles. The second-order valence-electron chi connectivity index (χ2n) is 4.19. The summed E-state index contributed by atoms with van der Waals surface area (Å²) in [5.41, 5.74) is 0.0524. The third kappa shape index (κ3) is 5.31. The first kappa shape index (κ1) is 12.6. The number of Topliss-reactive ketones (excluding diaryl/α,β-unsaturated/α-hetero) is 2. The normalized spacial score (nSPS) is 9.79. The molecule has 2 nitrogen and oxygen atoms in total. The van der Waals surface area contributed by atoms with Gasteiger partial charge in [0.1, 0.15) is 0 Å². The van der Waals surface area contributed by atoms with E-state index in [0.717, 1.165) is 0 Å². The molecule has 0 radical (unpaired) electrons. The van der Waals surface area contributed by atoms with E-state index >= 15 is 0 Å². The summed E-state index contributed by atoms with van der Waals surface area (Å²) in [5.74, 6) is 5.19. The quantitative estimate of drug-likeness (QED) is 0.291. The maximum atomic E-state index is 11.0. The molecule has 0 rings (SSSR count). The predicted octanol–water partition coefficient (Wildman–Crippen LogP) is 2.14. The number of ketones is 2. The molecule has 0 amide bonds. The van der Waals surface area contributed by atoms with Crippen LogP contribution < -0.4 is 0 Å². The van der Waals surface area contributed by atoms with Gasteiger partial charge in [-0.25, -0.2) is 0 Å². The second kappa shape index (κ2) is 4.76. The van der Waals surface area contributed by atoms with Gasteiger partial charge in [0.2, 0.25) is 0 Å². The Morgan fingerprint density at radius 1 is 1.07 bits per heavy atom. The monoisotopic (exact) mass is 192 g/mol. The molecule has 14 heavy (non-hydrogen) atoms. The van der Waals surface area contributed by atoms with Crippen LogP contribution in [0, 0.1) is 17.3 Å². The van der Waals surface area contributed by atoms with Crippen molar-refractivity contribution in [3.8, 4) is 11.8 Å². The zero-order valence-electron chi connectivity index (χ0n) is 9.39. The van der Waals surface area contributed by atoms with E-state index in [2.05, 4.69) is 11.8 Å². The summed E-state index contributed by atoms with van der Waals surface area (Å²) in [6.07, 6.45) is 1.40. The van der Waals surface area contributed by atoms with Gasteiger partial charge in [-0.15, -0.1) is 0 Å². The zero-order valence-corrected chi connectivity index (χ0v) is 9.39. The number of allylic oxidation sites excluding steroid dienone is 2. The summed E-state index contributed by atoms with van der Waals surface area (Å²) >= 11 is 0. The van der Waals surface area contributed by atoms with E-state index in [9.17, 15) is 9.59 Å². The highest BCUT2D eigenvalue weighted by Gasteiger charge is 2.08. The highest BCUT2D eigenvalue weighted by atomic mass is 16.1. The van der Waals surface area contributed by atoms with Crippen molar-refractivity contribution in [2.45, 2.75) is 34.6 Å². The van der Waals surface area contributed by atoms with Gasteiger partial charge in [0, 0.05) is 11.5 Å². The standard InChI is InChI=1S/C12H16O2/c1-9(13)11(10(2)14)7-6-8-12(3,4)5/h7H,1-5H3. The molecule has 0 aromatic carbocycles. The second-order valence-corrected chi connectivity index (χ2v) is 4.19. The molecule has 0 N–H and O–H groups in total. The average Bonchev–Trinajstić information content (AvgIpc) is 1.94. The molecule has 0 aliphatic carbocycles. The van der Waals surface area contributed by atoms with Gasteiger partial charge in [-0.1, -0.05) is 11.8 Å². The number of rotatable bonds is 2. The Labute approximate surface area is 85.4 Å². The van der Waals surface area contributed by atoms with Gasteiger partial charge in [0.05, 0.1) is 5.57 Å². The van der Waals surface area contributed by atoms with Crippen molar-refractivity contribution in [3.05, 3.63) is 11.6 Å².